The van der Waals surface area contributed by atoms with Crippen LogP contribution < -0.4 is 9.80 Å². The molecular formula is C56H38N2S. The molecule has 1 aromatic heterocycles. The van der Waals surface area contributed by atoms with Crippen LogP contribution in [-0.2, 0) is 0 Å². The summed E-state index contributed by atoms with van der Waals surface area (Å²) in [5.41, 5.74) is 11.4. The van der Waals surface area contributed by atoms with Crippen LogP contribution in [0.3, 0.4) is 0 Å². The van der Waals surface area contributed by atoms with Gasteiger partial charge in [0.2, 0.25) is 0 Å². The zero-order valence-corrected chi connectivity index (χ0v) is 33.1. The lowest BCUT2D eigenvalue weighted by molar-refractivity contribution is 1.28. The summed E-state index contributed by atoms with van der Waals surface area (Å²) in [7, 11) is 0. The second kappa shape index (κ2) is 14.8. The molecule has 2 nitrogen and oxygen atoms in total. The normalized spacial score (nSPS) is 11.4. The highest BCUT2D eigenvalue weighted by atomic mass is 32.1. The van der Waals surface area contributed by atoms with Gasteiger partial charge >= 0.3 is 0 Å². The number of hydrogen-bond acceptors (Lipinski definition) is 3. The van der Waals surface area contributed by atoms with Crippen LogP contribution in [0, 0.1) is 0 Å². The molecule has 278 valence electrons. The summed E-state index contributed by atoms with van der Waals surface area (Å²) in [6.45, 7) is 0. The smallest absolute Gasteiger partial charge is 0.0547 e. The number of anilines is 6. The first-order valence-corrected chi connectivity index (χ1v) is 20.9. The monoisotopic (exact) mass is 770 g/mol. The van der Waals surface area contributed by atoms with Gasteiger partial charge in [-0.05, 0) is 99.6 Å². The van der Waals surface area contributed by atoms with Gasteiger partial charge in [-0.25, -0.2) is 0 Å². The summed E-state index contributed by atoms with van der Waals surface area (Å²) >= 11 is 1.86. The topological polar surface area (TPSA) is 6.48 Å². The quantitative estimate of drug-likeness (QED) is 0.142. The van der Waals surface area contributed by atoms with Crippen molar-refractivity contribution in [3.8, 4) is 22.3 Å². The third-order valence-electron chi connectivity index (χ3n) is 11.4. The van der Waals surface area contributed by atoms with Crippen molar-refractivity contribution in [3.05, 3.63) is 231 Å². The summed E-state index contributed by atoms with van der Waals surface area (Å²) in [5.74, 6) is 0. The predicted molar refractivity (Wildman–Crippen MR) is 255 cm³/mol. The number of rotatable bonds is 8. The Labute approximate surface area is 348 Å². The molecule has 0 N–H and O–H groups in total. The highest BCUT2D eigenvalue weighted by molar-refractivity contribution is 7.25. The average molecular weight is 771 g/mol. The molecule has 0 saturated heterocycles. The summed E-state index contributed by atoms with van der Waals surface area (Å²) < 4.78 is 2.58. The van der Waals surface area contributed by atoms with Crippen LogP contribution in [0.1, 0.15) is 0 Å². The highest BCUT2D eigenvalue weighted by Gasteiger charge is 2.23. The third-order valence-corrected chi connectivity index (χ3v) is 12.6. The number of benzene rings is 10. The molecule has 11 aromatic rings. The Kier molecular flexibility index (Phi) is 8.72. The minimum absolute atomic E-state index is 1.08. The van der Waals surface area contributed by atoms with E-state index in [1.54, 1.807) is 0 Å². The lowest BCUT2D eigenvalue weighted by Crippen LogP contribution is -2.13. The second-order valence-corrected chi connectivity index (χ2v) is 16.0. The van der Waals surface area contributed by atoms with E-state index in [1.807, 2.05) is 11.3 Å². The van der Waals surface area contributed by atoms with Gasteiger partial charge in [-0.2, -0.15) is 0 Å². The van der Waals surface area contributed by atoms with Crippen molar-refractivity contribution in [2.75, 3.05) is 9.80 Å². The second-order valence-electron chi connectivity index (χ2n) is 14.9. The molecule has 0 radical (unpaired) electrons. The molecule has 1 heterocycles. The van der Waals surface area contributed by atoms with Gasteiger partial charge in [-0.3, -0.25) is 0 Å². The van der Waals surface area contributed by atoms with Crippen molar-refractivity contribution in [2.24, 2.45) is 0 Å². The summed E-state index contributed by atoms with van der Waals surface area (Å²) in [6.07, 6.45) is 0. The number of fused-ring (bicyclic) bond motifs is 6. The van der Waals surface area contributed by atoms with E-state index in [0.29, 0.717) is 0 Å². The Hall–Kier alpha value is -7.46. The molecule has 0 bridgehead atoms. The predicted octanol–water partition coefficient (Wildman–Crippen LogP) is 16.6. The van der Waals surface area contributed by atoms with Crippen LogP contribution in [0.5, 0.6) is 0 Å². The van der Waals surface area contributed by atoms with E-state index in [2.05, 4.69) is 240 Å². The summed E-state index contributed by atoms with van der Waals surface area (Å²) in [4.78, 5) is 4.87. The fourth-order valence-electron chi connectivity index (χ4n) is 8.74. The lowest BCUT2D eigenvalue weighted by Gasteiger charge is -2.30. The van der Waals surface area contributed by atoms with Gasteiger partial charge in [0.1, 0.15) is 0 Å². The maximum Gasteiger partial charge on any atom is 0.0547 e. The molecule has 11 rings (SSSR count). The van der Waals surface area contributed by atoms with Crippen molar-refractivity contribution in [1.29, 1.82) is 0 Å². The summed E-state index contributed by atoms with van der Waals surface area (Å²) in [6, 6.07) is 83.7. The van der Waals surface area contributed by atoms with Crippen LogP contribution in [0.2, 0.25) is 0 Å². The van der Waals surface area contributed by atoms with Crippen LogP contribution in [0.25, 0.3) is 64.0 Å². The van der Waals surface area contributed by atoms with Gasteiger partial charge in [-0.15, -0.1) is 11.3 Å². The third kappa shape index (κ3) is 6.20. The van der Waals surface area contributed by atoms with Crippen LogP contribution in [0.15, 0.2) is 231 Å². The summed E-state index contributed by atoms with van der Waals surface area (Å²) in [5, 5.41) is 7.41. The van der Waals surface area contributed by atoms with Crippen LogP contribution in [-0.4, -0.2) is 0 Å². The van der Waals surface area contributed by atoms with Gasteiger partial charge in [-0.1, -0.05) is 164 Å². The highest BCUT2D eigenvalue weighted by Crippen LogP contribution is 2.48. The van der Waals surface area contributed by atoms with Gasteiger partial charge < -0.3 is 9.80 Å². The molecule has 0 saturated carbocycles. The first-order valence-electron chi connectivity index (χ1n) is 20.1. The molecule has 0 amide bonds. The fraction of sp³-hybridized carbons (Fsp3) is 0. The zero-order chi connectivity index (χ0) is 39.1. The molecule has 0 aliphatic rings. The Morgan fingerprint density at radius 3 is 1.54 bits per heavy atom. The van der Waals surface area contributed by atoms with Crippen molar-refractivity contribution >= 4 is 87.2 Å². The van der Waals surface area contributed by atoms with Gasteiger partial charge in [0.15, 0.2) is 0 Å². The van der Waals surface area contributed by atoms with Gasteiger partial charge in [0, 0.05) is 53.9 Å². The van der Waals surface area contributed by atoms with Crippen molar-refractivity contribution in [1.82, 2.24) is 0 Å². The molecule has 0 unspecified atom stereocenters. The Morgan fingerprint density at radius 2 is 0.797 bits per heavy atom. The molecule has 0 atom stereocenters. The Balaban J connectivity index is 1.16. The minimum atomic E-state index is 1.08. The lowest BCUT2D eigenvalue weighted by atomic mass is 9.93. The molecular weight excluding hydrogens is 733 g/mol. The number of thiophene rings is 1. The maximum atomic E-state index is 2.44. The van der Waals surface area contributed by atoms with Crippen molar-refractivity contribution in [3.63, 3.8) is 0 Å². The largest absolute Gasteiger partial charge is 0.310 e. The molecule has 59 heavy (non-hydrogen) atoms. The Morgan fingerprint density at radius 1 is 0.271 bits per heavy atom. The molecule has 0 spiro atoms. The first kappa shape index (κ1) is 34.8. The van der Waals surface area contributed by atoms with E-state index < -0.39 is 0 Å². The minimum Gasteiger partial charge on any atom is -0.310 e. The Bertz CT molecular complexity index is 3280. The van der Waals surface area contributed by atoms with Crippen molar-refractivity contribution in [2.45, 2.75) is 0 Å². The van der Waals surface area contributed by atoms with Gasteiger partial charge in [0.05, 0.1) is 11.4 Å². The molecule has 10 aromatic carbocycles. The average Bonchev–Trinajstić information content (AvgIpc) is 3.68. The van der Waals surface area contributed by atoms with E-state index in [0.717, 1.165) is 39.7 Å². The van der Waals surface area contributed by atoms with Gasteiger partial charge in [0.25, 0.3) is 0 Å². The van der Waals surface area contributed by atoms with E-state index in [4.69, 9.17) is 0 Å². The number of para-hydroxylation sites is 3. The number of nitrogens with zero attached hydrogens (tertiary/aromatic N) is 2. The van der Waals surface area contributed by atoms with Crippen LogP contribution in [0.4, 0.5) is 34.1 Å². The standard InChI is InChI=1S/C56H38N2S/c1-4-18-39(19-5-1)45-25-12-13-27-47(45)49-28-14-16-30-53(49)57(41-21-6-2-7-22-41)43-32-34-48-46-26-11-10-20-40(46)36-54(52(48)37-43)58(42-23-8-3-9-24-42)44-33-35-51-50-29-15-17-31-55(50)59-56(51)38-44/h1-38H. The number of hydrogen-bond donors (Lipinski definition) is 0. The molecule has 3 heteroatoms. The van der Waals surface area contributed by atoms with E-state index in [-0.39, 0.29) is 0 Å². The first-order chi connectivity index (χ1) is 29.3. The van der Waals surface area contributed by atoms with E-state index in [9.17, 15) is 0 Å². The van der Waals surface area contributed by atoms with Crippen LogP contribution >= 0.6 is 11.3 Å². The molecule has 0 aliphatic heterocycles. The fourth-order valence-corrected chi connectivity index (χ4v) is 9.88. The van der Waals surface area contributed by atoms with E-state index in [1.165, 1.54) is 58.4 Å². The van der Waals surface area contributed by atoms with Crippen molar-refractivity contribution < 1.29 is 0 Å². The zero-order valence-electron chi connectivity index (χ0n) is 32.2. The molecule has 0 aliphatic carbocycles. The SMILES string of the molecule is c1ccc(-c2ccccc2-c2ccccc2N(c2ccccc2)c2ccc3c(c2)c(N(c2ccccc2)c2ccc4c(c2)sc2ccccc24)cc2ccccc23)cc1. The maximum absolute atomic E-state index is 2.44. The molecule has 0 fully saturated rings. The van der Waals surface area contributed by atoms with E-state index >= 15 is 0 Å².